The normalized spacial score (nSPS) is 12.6. The molecule has 1 N–H and O–H groups in total. The summed E-state index contributed by atoms with van der Waals surface area (Å²) in [5.41, 5.74) is 2.47. The molecule has 4 rings (SSSR count). The number of nitrogens with zero attached hydrogens (tertiary/aromatic N) is 3. The Hall–Kier alpha value is -3.82. The van der Waals surface area contributed by atoms with Gasteiger partial charge in [0.1, 0.15) is 12.4 Å². The molecule has 1 unspecified atom stereocenters. The van der Waals surface area contributed by atoms with Gasteiger partial charge in [0.05, 0.1) is 17.0 Å². The maximum Gasteiger partial charge on any atom is 0.296 e. The van der Waals surface area contributed by atoms with Gasteiger partial charge in [-0.05, 0) is 67.6 Å². The third-order valence-corrected chi connectivity index (χ3v) is 8.11. The molecule has 4 aromatic rings. The van der Waals surface area contributed by atoms with Crippen molar-refractivity contribution in [1.82, 2.24) is 14.5 Å². The molecule has 2 aromatic heterocycles. The molecule has 0 aliphatic carbocycles. The van der Waals surface area contributed by atoms with E-state index < -0.39 is 32.2 Å². The first-order chi connectivity index (χ1) is 18.1. The van der Waals surface area contributed by atoms with Gasteiger partial charge in [0.2, 0.25) is 15.7 Å². The lowest BCUT2D eigenvalue weighted by molar-refractivity contribution is 0.0571. The fourth-order valence-corrected chi connectivity index (χ4v) is 5.77. The molecule has 0 amide bonds. The lowest BCUT2D eigenvalue weighted by Gasteiger charge is -2.25. The summed E-state index contributed by atoms with van der Waals surface area (Å²) >= 11 is 0. The molecule has 1 atom stereocenters. The molecular weight excluding hydrogens is 502 g/mol. The van der Waals surface area contributed by atoms with Crippen molar-refractivity contribution >= 4 is 9.84 Å². The fourth-order valence-electron chi connectivity index (χ4n) is 4.43. The Balaban J connectivity index is 1.86. The van der Waals surface area contributed by atoms with Gasteiger partial charge in [-0.2, -0.15) is 4.98 Å². The second kappa shape index (κ2) is 11.3. The Morgan fingerprint density at radius 3 is 2.32 bits per heavy atom. The van der Waals surface area contributed by atoms with E-state index in [1.807, 2.05) is 64.1 Å². The number of pyridine rings is 1. The van der Waals surface area contributed by atoms with Crippen LogP contribution in [0.3, 0.4) is 0 Å². The van der Waals surface area contributed by atoms with E-state index in [-0.39, 0.29) is 23.4 Å². The summed E-state index contributed by atoms with van der Waals surface area (Å²) < 4.78 is 34.5. The molecule has 0 radical (unpaired) electrons. The first-order valence-electron chi connectivity index (χ1n) is 12.4. The predicted octanol–water partition coefficient (Wildman–Crippen LogP) is 5.08. The number of aryl methyl sites for hydroxylation is 1. The zero-order valence-electron chi connectivity index (χ0n) is 21.8. The van der Waals surface area contributed by atoms with E-state index >= 15 is 0 Å². The highest BCUT2D eigenvalue weighted by Crippen LogP contribution is 2.34. The van der Waals surface area contributed by atoms with Gasteiger partial charge < -0.3 is 9.84 Å². The first kappa shape index (κ1) is 27.2. The third kappa shape index (κ3) is 5.39. The molecule has 198 valence electrons. The fraction of sp³-hybridized carbons (Fsp3) is 0.276. The quantitative estimate of drug-likeness (QED) is 0.319. The third-order valence-electron chi connectivity index (χ3n) is 6.33. The van der Waals surface area contributed by atoms with E-state index in [0.29, 0.717) is 6.42 Å². The average molecular weight is 534 g/mol. The Labute approximate surface area is 222 Å². The summed E-state index contributed by atoms with van der Waals surface area (Å²) in [7, 11) is -4.40. The lowest BCUT2D eigenvalue weighted by Crippen LogP contribution is -2.28. The summed E-state index contributed by atoms with van der Waals surface area (Å²) in [5, 5.41) is 11.4. The van der Waals surface area contributed by atoms with E-state index in [1.54, 1.807) is 24.5 Å². The van der Waals surface area contributed by atoms with E-state index in [1.165, 1.54) is 16.7 Å². The molecule has 2 heterocycles. The van der Waals surface area contributed by atoms with E-state index in [0.717, 1.165) is 22.3 Å². The number of ether oxygens (including phenoxy) is 1. The van der Waals surface area contributed by atoms with Crippen molar-refractivity contribution in [3.8, 4) is 17.0 Å². The van der Waals surface area contributed by atoms with Crippen molar-refractivity contribution in [2.45, 2.75) is 62.7 Å². The van der Waals surface area contributed by atoms with E-state index in [9.17, 15) is 18.3 Å². The van der Waals surface area contributed by atoms with Crippen LogP contribution in [0, 0.1) is 6.92 Å². The summed E-state index contributed by atoms with van der Waals surface area (Å²) in [6.45, 7) is 7.44. The molecule has 0 aliphatic heterocycles. The predicted molar refractivity (Wildman–Crippen MR) is 145 cm³/mol. The maximum absolute atomic E-state index is 13.7. The van der Waals surface area contributed by atoms with E-state index in [2.05, 4.69) is 9.97 Å². The van der Waals surface area contributed by atoms with Crippen molar-refractivity contribution in [3.63, 3.8) is 0 Å². The molecule has 0 saturated heterocycles. The monoisotopic (exact) mass is 533 g/mol. The molecular formula is C29H31N3O5S. The molecule has 9 heteroatoms. The Bertz CT molecular complexity index is 1580. The second-order valence-corrected chi connectivity index (χ2v) is 11.2. The minimum atomic E-state index is -4.40. The largest absolute Gasteiger partial charge is 0.493 e. The molecule has 38 heavy (non-hydrogen) atoms. The van der Waals surface area contributed by atoms with Crippen molar-refractivity contribution < 1.29 is 18.3 Å². The van der Waals surface area contributed by atoms with Gasteiger partial charge in [-0.25, -0.2) is 8.42 Å². The highest BCUT2D eigenvalue weighted by molar-refractivity contribution is 7.91. The minimum Gasteiger partial charge on any atom is -0.493 e. The number of rotatable bonds is 9. The Kier molecular flexibility index (Phi) is 8.08. The number of benzene rings is 2. The highest BCUT2D eigenvalue weighted by atomic mass is 32.2. The smallest absolute Gasteiger partial charge is 0.296 e. The second-order valence-electron chi connectivity index (χ2n) is 9.27. The molecule has 0 fully saturated rings. The molecule has 8 nitrogen and oxygen atoms in total. The van der Waals surface area contributed by atoms with Gasteiger partial charge >= 0.3 is 0 Å². The number of hydrogen-bond donors (Lipinski definition) is 1. The molecule has 0 saturated carbocycles. The molecule has 0 spiro atoms. The highest BCUT2D eigenvalue weighted by Gasteiger charge is 2.32. The Morgan fingerprint density at radius 2 is 1.71 bits per heavy atom. The van der Waals surface area contributed by atoms with Crippen molar-refractivity contribution in [1.29, 1.82) is 0 Å². The zero-order valence-corrected chi connectivity index (χ0v) is 22.6. The lowest BCUT2D eigenvalue weighted by atomic mass is 10.0. The number of sulfone groups is 1. The average Bonchev–Trinajstić information content (AvgIpc) is 2.90. The van der Waals surface area contributed by atoms with Gasteiger partial charge in [0.15, 0.2) is 4.90 Å². The van der Waals surface area contributed by atoms with Crippen LogP contribution in [0.1, 0.15) is 50.2 Å². The van der Waals surface area contributed by atoms with Gasteiger partial charge in [0, 0.05) is 12.4 Å². The van der Waals surface area contributed by atoms with Crippen molar-refractivity contribution in [2.75, 3.05) is 0 Å². The summed E-state index contributed by atoms with van der Waals surface area (Å²) in [5.74, 6) is -0.503. The Morgan fingerprint density at radius 1 is 1.03 bits per heavy atom. The van der Waals surface area contributed by atoms with Crippen LogP contribution >= 0.6 is 0 Å². The summed E-state index contributed by atoms with van der Waals surface area (Å²) in [6.07, 6.45) is 3.75. The van der Waals surface area contributed by atoms with Crippen LogP contribution in [0.15, 0.2) is 87.6 Å². The van der Waals surface area contributed by atoms with Crippen LogP contribution in [-0.2, 0) is 21.2 Å². The van der Waals surface area contributed by atoms with Crippen molar-refractivity contribution in [2.24, 2.45) is 0 Å². The first-order valence-corrected chi connectivity index (χ1v) is 13.9. The van der Waals surface area contributed by atoms with Crippen LogP contribution in [0.2, 0.25) is 0 Å². The minimum absolute atomic E-state index is 0.0654. The van der Waals surface area contributed by atoms with Crippen LogP contribution in [0.4, 0.5) is 0 Å². The molecule has 0 aliphatic rings. The van der Waals surface area contributed by atoms with Crippen LogP contribution in [0.5, 0.6) is 5.88 Å². The molecule has 2 aromatic carbocycles. The SMILES string of the molecule is CCC(c1ccccc1)n1c(COC(C)C)nc(=O)c(S(=O)(=O)c2ccc(-c3ccncc3C)cc2)c1O. The summed E-state index contributed by atoms with van der Waals surface area (Å²) in [6, 6.07) is 16.9. The van der Waals surface area contributed by atoms with Gasteiger partial charge in [-0.3, -0.25) is 14.3 Å². The van der Waals surface area contributed by atoms with Crippen molar-refractivity contribution in [3.05, 3.63) is 100 Å². The van der Waals surface area contributed by atoms with Crippen LogP contribution < -0.4 is 5.56 Å². The van der Waals surface area contributed by atoms with Crippen LogP contribution in [-0.4, -0.2) is 34.2 Å². The molecule has 0 bridgehead atoms. The van der Waals surface area contributed by atoms with Crippen LogP contribution in [0.25, 0.3) is 11.1 Å². The van der Waals surface area contributed by atoms with Gasteiger partial charge in [-0.15, -0.1) is 0 Å². The van der Waals surface area contributed by atoms with E-state index in [4.69, 9.17) is 4.74 Å². The van der Waals surface area contributed by atoms with Gasteiger partial charge in [0.25, 0.3) is 5.56 Å². The topological polar surface area (TPSA) is 111 Å². The number of aromatic nitrogens is 3. The summed E-state index contributed by atoms with van der Waals surface area (Å²) in [4.78, 5) is 20.5. The number of aromatic hydroxyl groups is 1. The standard InChI is InChI=1S/C29H31N3O5S/c1-5-25(22-9-7-6-8-10-22)32-26(18-37-19(2)3)31-28(33)27(29(32)34)38(35,36)23-13-11-21(12-14-23)24-15-16-30-17-20(24)4/h6-17,19,25,34H,5,18H2,1-4H3. The zero-order chi connectivity index (χ0) is 27.4. The number of hydrogen-bond acceptors (Lipinski definition) is 7. The van der Waals surface area contributed by atoms with Gasteiger partial charge in [-0.1, -0.05) is 49.4 Å². The maximum atomic E-state index is 13.7.